The molecule has 0 saturated heterocycles. The van der Waals surface area contributed by atoms with Gasteiger partial charge < -0.3 is 5.73 Å². The van der Waals surface area contributed by atoms with E-state index in [0.717, 1.165) is 25.8 Å². The summed E-state index contributed by atoms with van der Waals surface area (Å²) in [4.78, 5) is 9.74. The van der Waals surface area contributed by atoms with Crippen molar-refractivity contribution in [2.75, 3.05) is 0 Å². The molecular weight excluding hydrogens is 310 g/mol. The van der Waals surface area contributed by atoms with Crippen LogP contribution in [0.5, 0.6) is 0 Å². The summed E-state index contributed by atoms with van der Waals surface area (Å²) in [6.45, 7) is 3.93. The Bertz CT molecular complexity index is 558. The molecule has 94 valence electrons. The van der Waals surface area contributed by atoms with Gasteiger partial charge in [-0.3, -0.25) is 0 Å². The lowest BCUT2D eigenvalue weighted by Gasteiger charge is -2.12. The molecule has 0 bridgehead atoms. The number of aromatic nitrogens is 2. The van der Waals surface area contributed by atoms with Gasteiger partial charge in [0.2, 0.25) is 0 Å². The van der Waals surface area contributed by atoms with Crippen LogP contribution >= 0.6 is 27.7 Å². The number of benzene rings is 1. The van der Waals surface area contributed by atoms with Crippen molar-refractivity contribution in [3.8, 4) is 0 Å². The molecule has 2 N–H and O–H groups in total. The molecule has 1 atom stereocenters. The van der Waals surface area contributed by atoms with Gasteiger partial charge in [-0.2, -0.15) is 0 Å². The lowest BCUT2D eigenvalue weighted by atomic mass is 10.1. The van der Waals surface area contributed by atoms with Crippen molar-refractivity contribution in [3.05, 3.63) is 46.2 Å². The predicted octanol–water partition coefficient (Wildman–Crippen LogP) is 3.72. The molecule has 1 unspecified atom stereocenters. The molecule has 2 aromatic rings. The molecular formula is C13H14BrN3S. The smallest absolute Gasteiger partial charge is 0.192 e. The van der Waals surface area contributed by atoms with E-state index in [0.29, 0.717) is 0 Å². The number of aryl methyl sites for hydroxylation is 1. The molecule has 0 amide bonds. The largest absolute Gasteiger partial charge is 0.324 e. The summed E-state index contributed by atoms with van der Waals surface area (Å²) in [5.41, 5.74) is 8.05. The first kappa shape index (κ1) is 13.5. The van der Waals surface area contributed by atoms with E-state index < -0.39 is 0 Å². The highest BCUT2D eigenvalue weighted by Gasteiger charge is 2.10. The molecule has 0 aliphatic heterocycles. The van der Waals surface area contributed by atoms with E-state index in [4.69, 9.17) is 5.73 Å². The Hall–Kier alpha value is -0.910. The van der Waals surface area contributed by atoms with E-state index in [-0.39, 0.29) is 6.04 Å². The van der Waals surface area contributed by atoms with Crippen LogP contribution in [0.2, 0.25) is 0 Å². The summed E-state index contributed by atoms with van der Waals surface area (Å²) < 4.78 is 1.03. The minimum absolute atomic E-state index is 0.0187. The standard InChI is InChI=1S/C13H14BrN3S/c1-8-5-6-16-13(17-8)18-12-4-3-10(14)7-11(12)9(2)15/h3-7,9H,15H2,1-2H3. The molecule has 3 nitrogen and oxygen atoms in total. The van der Waals surface area contributed by atoms with Crippen LogP contribution in [-0.4, -0.2) is 9.97 Å². The second kappa shape index (κ2) is 5.82. The van der Waals surface area contributed by atoms with Gasteiger partial charge in [0.15, 0.2) is 5.16 Å². The number of nitrogens with two attached hydrogens (primary N) is 1. The summed E-state index contributed by atoms with van der Waals surface area (Å²) in [7, 11) is 0. The van der Waals surface area contributed by atoms with Crippen LogP contribution in [0.15, 0.2) is 45.0 Å². The number of halogens is 1. The van der Waals surface area contributed by atoms with E-state index in [1.807, 2.05) is 38.1 Å². The van der Waals surface area contributed by atoms with Crippen molar-refractivity contribution in [2.45, 2.75) is 29.9 Å². The lowest BCUT2D eigenvalue weighted by Crippen LogP contribution is -2.06. The van der Waals surface area contributed by atoms with Crippen molar-refractivity contribution in [1.29, 1.82) is 0 Å². The predicted molar refractivity (Wildman–Crippen MR) is 77.6 cm³/mol. The summed E-state index contributed by atoms with van der Waals surface area (Å²) in [5, 5.41) is 0.749. The second-order valence-electron chi connectivity index (χ2n) is 4.05. The van der Waals surface area contributed by atoms with Crippen LogP contribution in [0, 0.1) is 6.92 Å². The fraction of sp³-hybridized carbons (Fsp3) is 0.231. The maximum Gasteiger partial charge on any atom is 0.192 e. The van der Waals surface area contributed by atoms with E-state index in [1.165, 1.54) is 0 Å². The number of nitrogens with zero attached hydrogens (tertiary/aromatic N) is 2. The van der Waals surface area contributed by atoms with Gasteiger partial charge in [-0.15, -0.1) is 0 Å². The zero-order chi connectivity index (χ0) is 13.1. The van der Waals surface area contributed by atoms with Crippen LogP contribution in [0.4, 0.5) is 0 Å². The molecule has 0 saturated carbocycles. The fourth-order valence-electron chi connectivity index (χ4n) is 1.54. The SMILES string of the molecule is Cc1ccnc(Sc2ccc(Br)cc2C(C)N)n1. The maximum atomic E-state index is 5.99. The van der Waals surface area contributed by atoms with Gasteiger partial charge in [-0.25, -0.2) is 9.97 Å². The second-order valence-corrected chi connectivity index (χ2v) is 5.98. The molecule has 0 fully saturated rings. The Morgan fingerprint density at radius 2 is 2.11 bits per heavy atom. The van der Waals surface area contributed by atoms with Crippen molar-refractivity contribution in [3.63, 3.8) is 0 Å². The van der Waals surface area contributed by atoms with Gasteiger partial charge in [0.1, 0.15) is 0 Å². The van der Waals surface area contributed by atoms with Crippen molar-refractivity contribution >= 4 is 27.7 Å². The third-order valence-electron chi connectivity index (χ3n) is 2.44. The van der Waals surface area contributed by atoms with Gasteiger partial charge in [-0.05, 0) is 55.4 Å². The van der Waals surface area contributed by atoms with Crippen LogP contribution < -0.4 is 5.73 Å². The third-order valence-corrected chi connectivity index (χ3v) is 3.90. The van der Waals surface area contributed by atoms with E-state index in [2.05, 4.69) is 25.9 Å². The van der Waals surface area contributed by atoms with Gasteiger partial charge in [-0.1, -0.05) is 15.9 Å². The van der Waals surface area contributed by atoms with E-state index in [1.54, 1.807) is 18.0 Å². The topological polar surface area (TPSA) is 51.8 Å². The summed E-state index contributed by atoms with van der Waals surface area (Å²) in [6.07, 6.45) is 1.77. The Morgan fingerprint density at radius 3 is 2.78 bits per heavy atom. The highest BCUT2D eigenvalue weighted by Crippen LogP contribution is 2.32. The van der Waals surface area contributed by atoms with E-state index in [9.17, 15) is 0 Å². The van der Waals surface area contributed by atoms with Gasteiger partial charge in [0, 0.05) is 27.3 Å². The van der Waals surface area contributed by atoms with Crippen LogP contribution in [0.3, 0.4) is 0 Å². The molecule has 0 aliphatic carbocycles. The molecule has 5 heteroatoms. The normalized spacial score (nSPS) is 12.4. The first-order valence-electron chi connectivity index (χ1n) is 5.59. The average Bonchev–Trinajstić information content (AvgIpc) is 2.31. The number of hydrogen-bond donors (Lipinski definition) is 1. The van der Waals surface area contributed by atoms with E-state index >= 15 is 0 Å². The Labute approximate surface area is 119 Å². The zero-order valence-electron chi connectivity index (χ0n) is 10.2. The Morgan fingerprint density at radius 1 is 1.33 bits per heavy atom. The minimum atomic E-state index is -0.0187. The molecule has 0 radical (unpaired) electrons. The monoisotopic (exact) mass is 323 g/mol. The minimum Gasteiger partial charge on any atom is -0.324 e. The first-order chi connectivity index (χ1) is 8.56. The average molecular weight is 324 g/mol. The molecule has 1 heterocycles. The van der Waals surface area contributed by atoms with Crippen molar-refractivity contribution < 1.29 is 0 Å². The lowest BCUT2D eigenvalue weighted by molar-refractivity contribution is 0.795. The fourth-order valence-corrected chi connectivity index (χ4v) is 2.92. The highest BCUT2D eigenvalue weighted by molar-refractivity contribution is 9.10. The van der Waals surface area contributed by atoms with Gasteiger partial charge in [0.25, 0.3) is 0 Å². The van der Waals surface area contributed by atoms with Crippen LogP contribution in [0.1, 0.15) is 24.2 Å². The summed E-state index contributed by atoms with van der Waals surface area (Å²) in [6, 6.07) is 7.96. The first-order valence-corrected chi connectivity index (χ1v) is 7.20. The van der Waals surface area contributed by atoms with Crippen molar-refractivity contribution in [1.82, 2.24) is 9.97 Å². The third kappa shape index (κ3) is 3.31. The molecule has 0 spiro atoms. The summed E-state index contributed by atoms with van der Waals surface area (Å²) >= 11 is 5.01. The molecule has 1 aromatic carbocycles. The maximum absolute atomic E-state index is 5.99. The number of rotatable bonds is 3. The Kier molecular flexibility index (Phi) is 4.37. The highest BCUT2D eigenvalue weighted by atomic mass is 79.9. The summed E-state index contributed by atoms with van der Waals surface area (Å²) in [5.74, 6) is 0. The molecule has 2 rings (SSSR count). The molecule has 18 heavy (non-hydrogen) atoms. The van der Waals surface area contributed by atoms with Crippen LogP contribution in [0.25, 0.3) is 0 Å². The molecule has 1 aromatic heterocycles. The zero-order valence-corrected chi connectivity index (χ0v) is 12.6. The Balaban J connectivity index is 2.34. The quantitative estimate of drug-likeness (QED) is 0.874. The van der Waals surface area contributed by atoms with Gasteiger partial charge in [0.05, 0.1) is 0 Å². The number of hydrogen-bond acceptors (Lipinski definition) is 4. The van der Waals surface area contributed by atoms with Crippen molar-refractivity contribution in [2.24, 2.45) is 5.73 Å². The van der Waals surface area contributed by atoms with Crippen LogP contribution in [-0.2, 0) is 0 Å². The molecule has 0 aliphatic rings. The van der Waals surface area contributed by atoms with Gasteiger partial charge >= 0.3 is 0 Å².